The number of likely N-dealkylation sites (N-methyl/N-ethyl adjacent to an activating group) is 1. The van der Waals surface area contributed by atoms with Crippen molar-refractivity contribution in [1.82, 2.24) is 4.90 Å². The summed E-state index contributed by atoms with van der Waals surface area (Å²) in [7, 11) is 2.14. The zero-order chi connectivity index (χ0) is 9.97. The van der Waals surface area contributed by atoms with Crippen molar-refractivity contribution in [2.75, 3.05) is 13.6 Å². The Morgan fingerprint density at radius 3 is 2.93 bits per heavy atom. The number of aryl methyl sites for hydroxylation is 1. The number of benzene rings is 1. The smallest absolute Gasteiger partial charge is 0.489 e. The molecule has 0 aliphatic heterocycles. The Morgan fingerprint density at radius 1 is 1.47 bits per heavy atom. The molecule has 1 aromatic rings. The van der Waals surface area contributed by atoms with Crippen LogP contribution in [0.4, 0.5) is 0 Å². The van der Waals surface area contributed by atoms with Crippen molar-refractivity contribution in [3.63, 3.8) is 0 Å². The molecule has 1 aromatic carbocycles. The molecule has 0 spiro atoms. The molecule has 0 bridgehead atoms. The van der Waals surface area contributed by atoms with Gasteiger partial charge in [-0.3, -0.25) is 6.58 Å². The van der Waals surface area contributed by atoms with Crippen LogP contribution in [-0.4, -0.2) is 18.5 Å². The number of hydrogen-bond acceptors (Lipinski definition) is 1. The molecule has 0 saturated carbocycles. The second kappa shape index (κ2) is 5.56. The fourth-order valence-corrected chi connectivity index (χ4v) is 2.28. The maximum absolute atomic E-state index is 3.66. The minimum atomic E-state index is 0. The molecule has 15 heavy (non-hydrogen) atoms. The summed E-state index contributed by atoms with van der Waals surface area (Å²) in [6, 6.07) is 9.30. The summed E-state index contributed by atoms with van der Waals surface area (Å²) >= 11 is 0. The second-order valence-corrected chi connectivity index (χ2v) is 3.92. The number of nitrogens with zero attached hydrogens (tertiary/aromatic N) is 1. The van der Waals surface area contributed by atoms with E-state index in [0.717, 1.165) is 6.54 Å². The molecular weight excluding hydrogens is 177 g/mol. The molecular formula is C13H16LiN. The molecule has 2 rings (SSSR count). The Kier molecular flexibility index (Phi) is 4.67. The molecule has 0 fully saturated rings. The van der Waals surface area contributed by atoms with Crippen LogP contribution < -0.4 is 18.9 Å². The Balaban J connectivity index is 0.00000112. The van der Waals surface area contributed by atoms with Crippen LogP contribution in [0.25, 0.3) is 0 Å². The van der Waals surface area contributed by atoms with E-state index >= 15 is 0 Å². The normalized spacial score (nSPS) is 18.4. The van der Waals surface area contributed by atoms with Gasteiger partial charge in [0.15, 0.2) is 0 Å². The molecule has 0 N–H and O–H groups in total. The van der Waals surface area contributed by atoms with Gasteiger partial charge in [-0.25, -0.2) is 0 Å². The first-order valence-corrected chi connectivity index (χ1v) is 5.11. The van der Waals surface area contributed by atoms with Crippen molar-refractivity contribution < 1.29 is 18.9 Å². The number of fused-ring (bicyclic) bond motifs is 1. The van der Waals surface area contributed by atoms with Gasteiger partial charge in [-0.2, -0.15) is 0 Å². The summed E-state index contributed by atoms with van der Waals surface area (Å²) in [6.07, 6.45) is 5.40. The molecule has 0 amide bonds. The standard InChI is InChI=1S/C13H16N.Li/c1-3-10-14(2)13-9-8-11-6-4-5-7-12(11)13;/h4-7,13H,1,8-10H2,2H3;/q-1;+1/t13-;/m1./s1. The van der Waals surface area contributed by atoms with Gasteiger partial charge < -0.3 is 11.0 Å². The fraction of sp³-hybridized carbons (Fsp3) is 0.385. The van der Waals surface area contributed by atoms with E-state index in [9.17, 15) is 0 Å². The van der Waals surface area contributed by atoms with Crippen LogP contribution >= 0.6 is 0 Å². The predicted octanol–water partition coefficient (Wildman–Crippen LogP) is -0.401. The summed E-state index contributed by atoms with van der Waals surface area (Å²) in [6.45, 7) is 4.51. The quantitative estimate of drug-likeness (QED) is 0.466. The van der Waals surface area contributed by atoms with Crippen molar-refractivity contribution in [2.45, 2.75) is 18.9 Å². The van der Waals surface area contributed by atoms with Crippen LogP contribution in [0, 0.1) is 6.08 Å². The van der Waals surface area contributed by atoms with E-state index < -0.39 is 0 Å². The van der Waals surface area contributed by atoms with Crippen molar-refractivity contribution in [3.8, 4) is 0 Å². The maximum atomic E-state index is 3.66. The van der Waals surface area contributed by atoms with Crippen LogP contribution in [0.15, 0.2) is 30.8 Å². The van der Waals surface area contributed by atoms with E-state index in [4.69, 9.17) is 0 Å². The topological polar surface area (TPSA) is 3.24 Å². The average Bonchev–Trinajstić information content (AvgIpc) is 2.61. The average molecular weight is 193 g/mol. The third kappa shape index (κ3) is 2.55. The largest absolute Gasteiger partial charge is 1.00 e. The fourth-order valence-electron chi connectivity index (χ4n) is 2.28. The first-order chi connectivity index (χ1) is 6.83. The molecule has 1 nitrogen and oxygen atoms in total. The molecule has 0 unspecified atom stereocenters. The molecule has 74 valence electrons. The summed E-state index contributed by atoms with van der Waals surface area (Å²) in [5, 5.41) is 0. The van der Waals surface area contributed by atoms with Crippen molar-refractivity contribution in [1.29, 1.82) is 0 Å². The van der Waals surface area contributed by atoms with E-state index in [-0.39, 0.29) is 18.9 Å². The van der Waals surface area contributed by atoms with Gasteiger partial charge in [0.25, 0.3) is 0 Å². The molecule has 0 radical (unpaired) electrons. The SMILES string of the molecule is C=[C-]CN(C)[C@@H]1CCc2ccccc21.[Li+]. The van der Waals surface area contributed by atoms with Gasteiger partial charge in [0, 0.05) is 6.04 Å². The zero-order valence-electron chi connectivity index (χ0n) is 9.66. The molecule has 0 saturated heterocycles. The van der Waals surface area contributed by atoms with E-state index in [1.165, 1.54) is 24.0 Å². The van der Waals surface area contributed by atoms with E-state index in [0.29, 0.717) is 6.04 Å². The maximum Gasteiger partial charge on any atom is 1.00 e. The van der Waals surface area contributed by atoms with Gasteiger partial charge in [-0.1, -0.05) is 24.3 Å². The third-order valence-corrected chi connectivity index (χ3v) is 2.99. The van der Waals surface area contributed by atoms with Gasteiger partial charge in [0.05, 0.1) is 0 Å². The Morgan fingerprint density at radius 2 is 2.20 bits per heavy atom. The first-order valence-electron chi connectivity index (χ1n) is 5.11. The minimum absolute atomic E-state index is 0. The van der Waals surface area contributed by atoms with Crippen LogP contribution in [0.5, 0.6) is 0 Å². The van der Waals surface area contributed by atoms with E-state index in [1.807, 2.05) is 0 Å². The summed E-state index contributed by atoms with van der Waals surface area (Å²) in [5.74, 6) is 0. The van der Waals surface area contributed by atoms with Gasteiger partial charge in [-0.05, 0) is 31.0 Å². The molecule has 0 aromatic heterocycles. The van der Waals surface area contributed by atoms with Gasteiger partial charge in [0.1, 0.15) is 0 Å². The van der Waals surface area contributed by atoms with Gasteiger partial charge in [-0.15, -0.1) is 6.54 Å². The minimum Gasteiger partial charge on any atom is -0.489 e. The van der Waals surface area contributed by atoms with Crippen LogP contribution in [0.2, 0.25) is 0 Å². The second-order valence-electron chi connectivity index (χ2n) is 3.92. The molecule has 1 atom stereocenters. The summed E-state index contributed by atoms with van der Waals surface area (Å²) in [5.41, 5.74) is 3.00. The van der Waals surface area contributed by atoms with E-state index in [1.54, 1.807) is 0 Å². The Hall–Kier alpha value is -0.483. The van der Waals surface area contributed by atoms with Crippen molar-refractivity contribution in [2.24, 2.45) is 0 Å². The van der Waals surface area contributed by atoms with Crippen molar-refractivity contribution >= 4 is 0 Å². The number of rotatable bonds is 3. The first kappa shape index (κ1) is 12.6. The van der Waals surface area contributed by atoms with Crippen LogP contribution in [0.1, 0.15) is 23.6 Å². The molecule has 2 heteroatoms. The monoisotopic (exact) mass is 193 g/mol. The van der Waals surface area contributed by atoms with Gasteiger partial charge >= 0.3 is 18.9 Å². The van der Waals surface area contributed by atoms with Crippen LogP contribution in [0.3, 0.4) is 0 Å². The molecule has 0 heterocycles. The third-order valence-electron chi connectivity index (χ3n) is 2.99. The van der Waals surface area contributed by atoms with Gasteiger partial charge in [0.2, 0.25) is 0 Å². The Bertz CT molecular complexity index is 335. The molecule has 1 aliphatic carbocycles. The van der Waals surface area contributed by atoms with Crippen LogP contribution in [-0.2, 0) is 6.42 Å². The molecule has 1 aliphatic rings. The van der Waals surface area contributed by atoms with E-state index in [2.05, 4.69) is 48.9 Å². The zero-order valence-corrected chi connectivity index (χ0v) is 9.66. The number of hydrogen-bond donors (Lipinski definition) is 0. The predicted molar refractivity (Wildman–Crippen MR) is 59.0 cm³/mol. The van der Waals surface area contributed by atoms with Crippen molar-refractivity contribution in [3.05, 3.63) is 48.0 Å². The summed E-state index contributed by atoms with van der Waals surface area (Å²) < 4.78 is 0. The Labute approximate surface area is 104 Å². The summed E-state index contributed by atoms with van der Waals surface area (Å²) in [4.78, 5) is 2.32.